The number of aliphatic imine (C=N–C) groups is 1. The van der Waals surface area contributed by atoms with E-state index in [2.05, 4.69) is 18.8 Å². The van der Waals surface area contributed by atoms with Crippen molar-refractivity contribution in [3.05, 3.63) is 0 Å². The first-order chi connectivity index (χ1) is 3.27. The number of thioether (sulfide) groups is 1. The van der Waals surface area contributed by atoms with Gasteiger partial charge in [-0.1, -0.05) is 13.8 Å². The Balaban J connectivity index is 2.97. The summed E-state index contributed by atoms with van der Waals surface area (Å²) in [7, 11) is 1.79. The summed E-state index contributed by atoms with van der Waals surface area (Å²) >= 11 is 1.74. The van der Waals surface area contributed by atoms with Crippen molar-refractivity contribution in [2.75, 3.05) is 7.05 Å². The molecule has 0 aromatic carbocycles. The van der Waals surface area contributed by atoms with Gasteiger partial charge in [0.15, 0.2) is 0 Å². The van der Waals surface area contributed by atoms with Crippen LogP contribution in [0.2, 0.25) is 0 Å². The molecule has 0 fully saturated rings. The summed E-state index contributed by atoms with van der Waals surface area (Å²) in [4.78, 5) is 3.81. The van der Waals surface area contributed by atoms with Crippen LogP contribution in [-0.4, -0.2) is 17.8 Å². The second kappa shape index (κ2) is 4.19. The van der Waals surface area contributed by atoms with Gasteiger partial charge in [0, 0.05) is 12.3 Å². The van der Waals surface area contributed by atoms with Gasteiger partial charge in [0.2, 0.25) is 0 Å². The maximum Gasteiger partial charge on any atom is 0.0540 e. The van der Waals surface area contributed by atoms with Crippen LogP contribution in [0.1, 0.15) is 13.8 Å². The Morgan fingerprint density at radius 2 is 2.14 bits per heavy atom. The molecule has 0 aromatic heterocycles. The van der Waals surface area contributed by atoms with Crippen molar-refractivity contribution in [1.29, 1.82) is 0 Å². The van der Waals surface area contributed by atoms with Gasteiger partial charge >= 0.3 is 0 Å². The molecule has 42 valence electrons. The summed E-state index contributed by atoms with van der Waals surface area (Å²) in [5.74, 6) is 0. The Bertz CT molecular complexity index is 59.1. The fraction of sp³-hybridized carbons (Fsp3) is 0.800. The van der Waals surface area contributed by atoms with E-state index in [9.17, 15) is 0 Å². The lowest BCUT2D eigenvalue weighted by molar-refractivity contribution is 1.12. The average molecular weight is 117 g/mol. The van der Waals surface area contributed by atoms with Gasteiger partial charge in [0.05, 0.1) is 5.55 Å². The van der Waals surface area contributed by atoms with Gasteiger partial charge in [-0.15, -0.1) is 11.8 Å². The largest absolute Gasteiger partial charge is 0.290 e. The lowest BCUT2D eigenvalue weighted by Crippen LogP contribution is -1.83. The van der Waals surface area contributed by atoms with Gasteiger partial charge in [-0.2, -0.15) is 0 Å². The molecule has 0 N–H and O–H groups in total. The summed E-state index contributed by atoms with van der Waals surface area (Å²) in [5.41, 5.74) is 1.87. The molecular formula is C5H11NS. The van der Waals surface area contributed by atoms with Gasteiger partial charge in [-0.3, -0.25) is 4.99 Å². The van der Waals surface area contributed by atoms with Crippen molar-refractivity contribution in [1.82, 2.24) is 0 Å². The third-order valence-electron chi connectivity index (χ3n) is 0.438. The fourth-order valence-electron chi connectivity index (χ4n) is 0.183. The van der Waals surface area contributed by atoms with Crippen LogP contribution < -0.4 is 0 Å². The molecule has 0 saturated heterocycles. The zero-order chi connectivity index (χ0) is 5.70. The van der Waals surface area contributed by atoms with E-state index in [0.717, 1.165) is 0 Å². The minimum Gasteiger partial charge on any atom is -0.290 e. The van der Waals surface area contributed by atoms with Crippen LogP contribution in [0.25, 0.3) is 0 Å². The topological polar surface area (TPSA) is 12.4 Å². The van der Waals surface area contributed by atoms with Crippen molar-refractivity contribution in [2.45, 2.75) is 19.1 Å². The molecule has 2 heteroatoms. The van der Waals surface area contributed by atoms with Crippen molar-refractivity contribution in [3.63, 3.8) is 0 Å². The Labute approximate surface area is 49.2 Å². The van der Waals surface area contributed by atoms with E-state index in [1.54, 1.807) is 18.8 Å². The number of nitrogens with zero attached hydrogens (tertiary/aromatic N) is 1. The Kier molecular flexibility index (Phi) is 4.20. The Hall–Kier alpha value is 0.0200. The first-order valence-corrected chi connectivity index (χ1v) is 3.27. The van der Waals surface area contributed by atoms with Crippen LogP contribution >= 0.6 is 11.8 Å². The number of hydrogen-bond donors (Lipinski definition) is 0. The van der Waals surface area contributed by atoms with Crippen molar-refractivity contribution in [2.24, 2.45) is 4.99 Å². The normalized spacial score (nSPS) is 11.4. The van der Waals surface area contributed by atoms with Gasteiger partial charge in [-0.25, -0.2) is 0 Å². The van der Waals surface area contributed by atoms with E-state index in [1.165, 1.54) is 0 Å². The summed E-state index contributed by atoms with van der Waals surface area (Å²) in [6.07, 6.45) is 0. The maximum absolute atomic E-state index is 3.81. The highest BCUT2D eigenvalue weighted by molar-refractivity contribution is 8.12. The number of rotatable bonds is 2. The lowest BCUT2D eigenvalue weighted by Gasteiger charge is -1.92. The molecule has 0 atom stereocenters. The fourth-order valence-corrected chi connectivity index (χ4v) is 0.548. The summed E-state index contributed by atoms with van der Waals surface area (Å²) in [5, 5.41) is 0.670. The summed E-state index contributed by atoms with van der Waals surface area (Å²) in [6, 6.07) is 0. The molecule has 0 aliphatic carbocycles. The summed E-state index contributed by atoms with van der Waals surface area (Å²) in [6.45, 7) is 4.29. The zero-order valence-electron chi connectivity index (χ0n) is 5.01. The van der Waals surface area contributed by atoms with Crippen LogP contribution in [0.5, 0.6) is 0 Å². The van der Waals surface area contributed by atoms with Crippen LogP contribution in [0.15, 0.2) is 4.99 Å². The van der Waals surface area contributed by atoms with Gasteiger partial charge < -0.3 is 0 Å². The van der Waals surface area contributed by atoms with E-state index in [4.69, 9.17) is 0 Å². The van der Waals surface area contributed by atoms with Crippen LogP contribution in [0.3, 0.4) is 0 Å². The second-order valence-electron chi connectivity index (χ2n) is 1.55. The van der Waals surface area contributed by atoms with Crippen LogP contribution in [0, 0.1) is 0 Å². The van der Waals surface area contributed by atoms with E-state index in [0.29, 0.717) is 5.25 Å². The zero-order valence-corrected chi connectivity index (χ0v) is 5.83. The third-order valence-corrected chi connectivity index (χ3v) is 1.32. The molecule has 0 aliphatic rings. The predicted octanol–water partition coefficient (Wildman–Crippen LogP) is 1.79. The van der Waals surface area contributed by atoms with E-state index in [-0.39, 0.29) is 0 Å². The third kappa shape index (κ3) is 6.02. The highest BCUT2D eigenvalue weighted by Crippen LogP contribution is 2.03. The molecule has 0 amide bonds. The molecule has 0 radical (unpaired) electrons. The molecular weight excluding hydrogens is 106 g/mol. The van der Waals surface area contributed by atoms with Crippen molar-refractivity contribution < 1.29 is 0 Å². The van der Waals surface area contributed by atoms with E-state index in [1.807, 2.05) is 5.55 Å². The number of hydrogen-bond acceptors (Lipinski definition) is 2. The standard InChI is InChI=1S/C5H11NS/c1-5(2)7-4-6-3/h4-5H,1-3H3/b6-4-. The molecule has 0 unspecified atom stereocenters. The maximum atomic E-state index is 3.81. The molecule has 0 aromatic rings. The van der Waals surface area contributed by atoms with Crippen molar-refractivity contribution >= 4 is 17.3 Å². The summed E-state index contributed by atoms with van der Waals surface area (Å²) < 4.78 is 0. The average Bonchev–Trinajstić information content (AvgIpc) is 1.61. The SMILES string of the molecule is C/N=C\SC(C)C. The van der Waals surface area contributed by atoms with E-state index < -0.39 is 0 Å². The molecule has 0 spiro atoms. The quantitative estimate of drug-likeness (QED) is 0.397. The van der Waals surface area contributed by atoms with Crippen LogP contribution in [-0.2, 0) is 0 Å². The van der Waals surface area contributed by atoms with Crippen molar-refractivity contribution in [3.8, 4) is 0 Å². The molecule has 0 rings (SSSR count). The Morgan fingerprint density at radius 3 is 2.29 bits per heavy atom. The smallest absolute Gasteiger partial charge is 0.0540 e. The molecule has 0 aliphatic heterocycles. The molecule has 1 nitrogen and oxygen atoms in total. The van der Waals surface area contributed by atoms with Crippen LogP contribution in [0.4, 0.5) is 0 Å². The highest BCUT2D eigenvalue weighted by Gasteiger charge is 1.85. The second-order valence-corrected chi connectivity index (χ2v) is 2.97. The first-order valence-electron chi connectivity index (χ1n) is 2.33. The van der Waals surface area contributed by atoms with Gasteiger partial charge in [-0.05, 0) is 0 Å². The predicted molar refractivity (Wildman–Crippen MR) is 37.1 cm³/mol. The minimum atomic E-state index is 0.670. The highest BCUT2D eigenvalue weighted by atomic mass is 32.2. The van der Waals surface area contributed by atoms with Gasteiger partial charge in [0.1, 0.15) is 0 Å². The van der Waals surface area contributed by atoms with E-state index >= 15 is 0 Å². The molecule has 0 bridgehead atoms. The Morgan fingerprint density at radius 1 is 1.57 bits per heavy atom. The molecule has 0 saturated carbocycles. The molecule has 0 heterocycles. The monoisotopic (exact) mass is 117 g/mol. The van der Waals surface area contributed by atoms with Gasteiger partial charge in [0.25, 0.3) is 0 Å². The lowest BCUT2D eigenvalue weighted by atomic mass is 10.6. The minimum absolute atomic E-state index is 0.670. The molecule has 7 heavy (non-hydrogen) atoms. The first kappa shape index (κ1) is 7.02.